The molecule has 1 fully saturated rings. The molecule has 0 N–H and O–H groups in total. The molecule has 0 aliphatic carbocycles. The third-order valence-electron chi connectivity index (χ3n) is 5.93. The normalized spacial score (nSPS) is 20.0. The van der Waals surface area contributed by atoms with Crippen LogP contribution in [0, 0.1) is 11.3 Å². The van der Waals surface area contributed by atoms with Crippen molar-refractivity contribution in [2.24, 2.45) is 0 Å². The highest BCUT2D eigenvalue weighted by molar-refractivity contribution is 5.99. The van der Waals surface area contributed by atoms with Gasteiger partial charge in [-0.1, -0.05) is 12.1 Å². The van der Waals surface area contributed by atoms with E-state index >= 15 is 0 Å². The van der Waals surface area contributed by atoms with Gasteiger partial charge in [0.05, 0.1) is 48.1 Å². The molecule has 1 saturated heterocycles. The highest BCUT2D eigenvalue weighted by Crippen LogP contribution is 2.32. The fourth-order valence-corrected chi connectivity index (χ4v) is 4.43. The van der Waals surface area contributed by atoms with Crippen LogP contribution in [-0.4, -0.2) is 64.7 Å². The Kier molecular flexibility index (Phi) is 6.09. The van der Waals surface area contributed by atoms with Crippen molar-refractivity contribution < 1.29 is 19.1 Å². The number of nitriles is 1. The number of hydrogen-bond donors (Lipinski definition) is 0. The van der Waals surface area contributed by atoms with Gasteiger partial charge in [-0.05, 0) is 51.0 Å². The number of methoxy groups -OCH3 is 1. The first kappa shape index (κ1) is 22.7. The summed E-state index contributed by atoms with van der Waals surface area (Å²) < 4.78 is 10.9. The van der Waals surface area contributed by atoms with Crippen LogP contribution in [0.4, 0.5) is 4.79 Å². The first-order chi connectivity index (χ1) is 15.7. The molecule has 0 unspecified atom stereocenters. The van der Waals surface area contributed by atoms with Gasteiger partial charge in [0.2, 0.25) is 0 Å². The lowest BCUT2D eigenvalue weighted by Crippen LogP contribution is -2.43. The van der Waals surface area contributed by atoms with Crippen LogP contribution in [0.1, 0.15) is 48.8 Å². The predicted molar refractivity (Wildman–Crippen MR) is 121 cm³/mol. The Bertz CT molecular complexity index is 1120. The van der Waals surface area contributed by atoms with E-state index in [2.05, 4.69) is 11.1 Å². The lowest BCUT2D eigenvalue weighted by atomic mass is 10.0. The minimum Gasteiger partial charge on any atom is -0.444 e. The SMILES string of the molecule is COC[C@@H]1C[C@@H](N2Cc3ncc(-c4cccc(C#N)c4)cc3C2=O)CN1C(=O)OC(C)(C)C. The van der Waals surface area contributed by atoms with Crippen LogP contribution >= 0.6 is 0 Å². The Hall–Kier alpha value is -3.44. The van der Waals surface area contributed by atoms with Gasteiger partial charge in [-0.2, -0.15) is 5.26 Å². The van der Waals surface area contributed by atoms with E-state index in [-0.39, 0.29) is 18.0 Å². The van der Waals surface area contributed by atoms with Crippen LogP contribution in [0.5, 0.6) is 0 Å². The smallest absolute Gasteiger partial charge is 0.410 e. The number of pyridine rings is 1. The number of benzene rings is 1. The molecule has 172 valence electrons. The van der Waals surface area contributed by atoms with E-state index in [1.807, 2.05) is 39.0 Å². The number of rotatable bonds is 4. The summed E-state index contributed by atoms with van der Waals surface area (Å²) in [6, 6.07) is 10.9. The van der Waals surface area contributed by atoms with Gasteiger partial charge in [-0.15, -0.1) is 0 Å². The Morgan fingerprint density at radius 1 is 1.27 bits per heavy atom. The molecule has 8 nitrogen and oxygen atoms in total. The lowest BCUT2D eigenvalue weighted by Gasteiger charge is -2.28. The van der Waals surface area contributed by atoms with Crippen LogP contribution in [0.25, 0.3) is 11.1 Å². The van der Waals surface area contributed by atoms with Crippen molar-refractivity contribution in [1.29, 1.82) is 5.26 Å². The number of nitrogens with zero attached hydrogens (tertiary/aromatic N) is 4. The molecule has 4 rings (SSSR count). The molecule has 2 aliphatic heterocycles. The molecule has 8 heteroatoms. The zero-order valence-electron chi connectivity index (χ0n) is 19.4. The summed E-state index contributed by atoms with van der Waals surface area (Å²) in [6.07, 6.45) is 1.96. The summed E-state index contributed by atoms with van der Waals surface area (Å²) in [5.74, 6) is -0.0945. The first-order valence-corrected chi connectivity index (χ1v) is 11.0. The van der Waals surface area contributed by atoms with Gasteiger partial charge in [-0.25, -0.2) is 4.79 Å². The second-order valence-corrected chi connectivity index (χ2v) is 9.48. The molecule has 33 heavy (non-hydrogen) atoms. The Morgan fingerprint density at radius 2 is 2.06 bits per heavy atom. The number of amides is 2. The zero-order chi connectivity index (χ0) is 23.8. The number of ether oxygens (including phenoxy) is 2. The van der Waals surface area contributed by atoms with E-state index in [1.54, 1.807) is 35.2 Å². The van der Waals surface area contributed by atoms with Gasteiger partial charge < -0.3 is 19.3 Å². The van der Waals surface area contributed by atoms with Gasteiger partial charge in [-0.3, -0.25) is 9.78 Å². The minimum absolute atomic E-state index is 0.0945. The number of carbonyl (C=O) groups excluding carboxylic acids is 2. The maximum absolute atomic E-state index is 13.3. The standard InChI is InChI=1S/C25H28N4O4/c1-25(2,3)33-24(31)29-13-19(10-20(29)15-32-4)28-14-22-21(23(28)30)9-18(12-27-22)17-7-5-6-16(8-17)11-26/h5-9,12,19-20H,10,13-15H2,1-4H3/t19-,20+/m1/s1. The van der Waals surface area contributed by atoms with E-state index in [4.69, 9.17) is 9.47 Å². The molecule has 2 atom stereocenters. The van der Waals surface area contributed by atoms with Gasteiger partial charge in [0.25, 0.3) is 5.91 Å². The van der Waals surface area contributed by atoms with Crippen LogP contribution in [0.3, 0.4) is 0 Å². The first-order valence-electron chi connectivity index (χ1n) is 11.0. The molecule has 0 radical (unpaired) electrons. The average molecular weight is 449 g/mol. The summed E-state index contributed by atoms with van der Waals surface area (Å²) in [4.78, 5) is 34.1. The molecule has 0 saturated carbocycles. The fraction of sp³-hybridized carbons (Fsp3) is 0.440. The average Bonchev–Trinajstić information content (AvgIpc) is 3.34. The van der Waals surface area contributed by atoms with Gasteiger partial charge in [0.15, 0.2) is 0 Å². The Labute approximate surface area is 193 Å². The monoisotopic (exact) mass is 448 g/mol. The molecule has 1 aromatic carbocycles. The molecule has 2 aromatic rings. The molecule has 2 aliphatic rings. The quantitative estimate of drug-likeness (QED) is 0.709. The largest absolute Gasteiger partial charge is 0.444 e. The molecule has 1 aromatic heterocycles. The Morgan fingerprint density at radius 3 is 2.76 bits per heavy atom. The molecule has 3 heterocycles. The van der Waals surface area contributed by atoms with Gasteiger partial charge in [0.1, 0.15) is 5.60 Å². The summed E-state index contributed by atoms with van der Waals surface area (Å²) in [6.45, 7) is 6.67. The number of carbonyl (C=O) groups is 2. The number of likely N-dealkylation sites (tertiary alicyclic amines) is 1. The minimum atomic E-state index is -0.602. The second kappa shape index (κ2) is 8.83. The van der Waals surface area contributed by atoms with E-state index in [9.17, 15) is 14.9 Å². The molecule has 0 spiro atoms. The van der Waals surface area contributed by atoms with Crippen molar-refractivity contribution >= 4 is 12.0 Å². The van der Waals surface area contributed by atoms with Crippen molar-refractivity contribution in [3.8, 4) is 17.2 Å². The van der Waals surface area contributed by atoms with Crippen molar-refractivity contribution in [2.45, 2.75) is 51.4 Å². The van der Waals surface area contributed by atoms with Crippen molar-refractivity contribution in [3.63, 3.8) is 0 Å². The van der Waals surface area contributed by atoms with Crippen LogP contribution in [-0.2, 0) is 16.0 Å². The molecular formula is C25H28N4O4. The number of aromatic nitrogens is 1. The van der Waals surface area contributed by atoms with E-state index < -0.39 is 11.7 Å². The summed E-state index contributed by atoms with van der Waals surface area (Å²) in [5.41, 5.74) is 2.87. The van der Waals surface area contributed by atoms with E-state index in [0.717, 1.165) is 16.8 Å². The maximum atomic E-state index is 13.3. The fourth-order valence-electron chi connectivity index (χ4n) is 4.43. The lowest BCUT2D eigenvalue weighted by molar-refractivity contribution is 0.0140. The third-order valence-corrected chi connectivity index (χ3v) is 5.93. The second-order valence-electron chi connectivity index (χ2n) is 9.48. The third kappa shape index (κ3) is 4.69. The topological polar surface area (TPSA) is 95.8 Å². The summed E-state index contributed by atoms with van der Waals surface area (Å²) in [5, 5.41) is 9.17. The van der Waals surface area contributed by atoms with Crippen LogP contribution in [0.2, 0.25) is 0 Å². The van der Waals surface area contributed by atoms with Gasteiger partial charge >= 0.3 is 6.09 Å². The summed E-state index contributed by atoms with van der Waals surface area (Å²) in [7, 11) is 1.60. The Balaban J connectivity index is 1.54. The van der Waals surface area contributed by atoms with Crippen LogP contribution < -0.4 is 0 Å². The van der Waals surface area contributed by atoms with E-state index in [0.29, 0.717) is 37.2 Å². The molecular weight excluding hydrogens is 420 g/mol. The van der Waals surface area contributed by atoms with Crippen LogP contribution in [0.15, 0.2) is 36.5 Å². The highest BCUT2D eigenvalue weighted by Gasteiger charge is 2.43. The van der Waals surface area contributed by atoms with Gasteiger partial charge in [0, 0.05) is 25.4 Å². The summed E-state index contributed by atoms with van der Waals surface area (Å²) >= 11 is 0. The zero-order valence-corrected chi connectivity index (χ0v) is 19.4. The predicted octanol–water partition coefficient (Wildman–Crippen LogP) is 3.60. The molecule has 2 amide bonds. The molecule has 0 bridgehead atoms. The van der Waals surface area contributed by atoms with E-state index in [1.165, 1.54) is 0 Å². The van der Waals surface area contributed by atoms with Crippen molar-refractivity contribution in [3.05, 3.63) is 53.3 Å². The number of fused-ring (bicyclic) bond motifs is 1. The van der Waals surface area contributed by atoms with Crippen molar-refractivity contribution in [2.75, 3.05) is 20.3 Å². The van der Waals surface area contributed by atoms with Crippen molar-refractivity contribution in [1.82, 2.24) is 14.8 Å². The maximum Gasteiger partial charge on any atom is 0.410 e. The number of hydrogen-bond acceptors (Lipinski definition) is 6. The highest BCUT2D eigenvalue weighted by atomic mass is 16.6.